The Hall–Kier alpha value is -3.48. The molecule has 7 nitrogen and oxygen atoms in total. The molecule has 1 aromatic heterocycles. The second kappa shape index (κ2) is 7.60. The number of hydrogen-bond donors (Lipinski definition) is 2. The van der Waals surface area contributed by atoms with Gasteiger partial charge in [-0.15, -0.1) is 0 Å². The van der Waals surface area contributed by atoms with Crippen LogP contribution in [0.5, 0.6) is 0 Å². The van der Waals surface area contributed by atoms with Crippen molar-refractivity contribution in [3.05, 3.63) is 76.2 Å². The maximum absolute atomic E-state index is 12.4. The van der Waals surface area contributed by atoms with Crippen LogP contribution in [-0.4, -0.2) is 28.2 Å². The highest BCUT2D eigenvalue weighted by Crippen LogP contribution is 2.14. The predicted octanol–water partition coefficient (Wildman–Crippen LogP) is 1.78. The largest absolute Gasteiger partial charge is 0.448 e. The minimum atomic E-state index is -1.00. The number of fused-ring (bicyclic) bond motifs is 1. The molecule has 7 heteroatoms. The lowest BCUT2D eigenvalue weighted by Gasteiger charge is -2.13. The molecule has 132 valence electrons. The molecule has 3 rings (SSSR count). The molecule has 0 radical (unpaired) electrons. The quantitative estimate of drug-likeness (QED) is 0.683. The maximum Gasteiger partial charge on any atom is 0.360 e. The molecule has 0 aliphatic rings. The van der Waals surface area contributed by atoms with E-state index in [2.05, 4.69) is 15.5 Å². The second-order valence-electron chi connectivity index (χ2n) is 5.70. The molecule has 2 aromatic carbocycles. The molecule has 2 N–H and O–H groups in total. The number of hydrogen-bond acceptors (Lipinski definition) is 5. The van der Waals surface area contributed by atoms with Crippen LogP contribution in [0.4, 0.5) is 0 Å². The van der Waals surface area contributed by atoms with Crippen LogP contribution in [0, 0.1) is 0 Å². The minimum absolute atomic E-state index is 0.0390. The van der Waals surface area contributed by atoms with E-state index in [0.717, 1.165) is 5.56 Å². The van der Waals surface area contributed by atoms with Crippen LogP contribution in [-0.2, 0) is 16.1 Å². The van der Waals surface area contributed by atoms with Gasteiger partial charge in [-0.3, -0.25) is 9.59 Å². The van der Waals surface area contributed by atoms with Crippen molar-refractivity contribution in [1.82, 2.24) is 15.5 Å². The number of aromatic nitrogens is 2. The van der Waals surface area contributed by atoms with Crippen molar-refractivity contribution in [2.45, 2.75) is 19.6 Å². The van der Waals surface area contributed by atoms with Crippen LogP contribution in [0.2, 0.25) is 0 Å². The molecule has 0 aliphatic carbocycles. The molecule has 26 heavy (non-hydrogen) atoms. The molecule has 3 aromatic rings. The van der Waals surface area contributed by atoms with Crippen molar-refractivity contribution in [1.29, 1.82) is 0 Å². The fourth-order valence-corrected chi connectivity index (χ4v) is 2.47. The van der Waals surface area contributed by atoms with Gasteiger partial charge in [-0.05, 0) is 18.6 Å². The van der Waals surface area contributed by atoms with Gasteiger partial charge >= 0.3 is 5.97 Å². The summed E-state index contributed by atoms with van der Waals surface area (Å²) >= 11 is 0. The van der Waals surface area contributed by atoms with E-state index in [0.29, 0.717) is 17.3 Å². The van der Waals surface area contributed by atoms with E-state index in [9.17, 15) is 14.4 Å². The molecule has 1 unspecified atom stereocenters. The summed E-state index contributed by atoms with van der Waals surface area (Å²) in [5, 5.41) is 9.44. The van der Waals surface area contributed by atoms with E-state index in [1.807, 2.05) is 30.3 Å². The molecule has 0 bridgehead atoms. The summed E-state index contributed by atoms with van der Waals surface area (Å²) in [4.78, 5) is 36.3. The lowest BCUT2D eigenvalue weighted by atomic mass is 10.1. The van der Waals surface area contributed by atoms with Gasteiger partial charge in [0.2, 0.25) is 0 Å². The SMILES string of the molecule is CC(OC(=O)c1n[nH]c(=O)c2ccccc12)C(=O)NCc1ccccc1. The van der Waals surface area contributed by atoms with Gasteiger partial charge in [0.1, 0.15) is 0 Å². The van der Waals surface area contributed by atoms with Gasteiger partial charge in [0, 0.05) is 11.9 Å². The third kappa shape index (κ3) is 3.77. The number of rotatable bonds is 5. The average Bonchev–Trinajstić information content (AvgIpc) is 2.67. The predicted molar refractivity (Wildman–Crippen MR) is 95.5 cm³/mol. The average molecular weight is 351 g/mol. The van der Waals surface area contributed by atoms with Crippen molar-refractivity contribution < 1.29 is 14.3 Å². The van der Waals surface area contributed by atoms with Gasteiger partial charge in [0.25, 0.3) is 11.5 Å². The molecule has 0 saturated heterocycles. The molecule has 0 fully saturated rings. The first-order valence-corrected chi connectivity index (χ1v) is 8.06. The number of esters is 1. The molecule has 0 aliphatic heterocycles. The third-order valence-corrected chi connectivity index (χ3v) is 3.85. The number of carbonyl (C=O) groups excluding carboxylic acids is 2. The number of carbonyl (C=O) groups is 2. The van der Waals surface area contributed by atoms with E-state index in [4.69, 9.17) is 4.74 Å². The Morgan fingerprint density at radius 3 is 2.46 bits per heavy atom. The summed E-state index contributed by atoms with van der Waals surface area (Å²) < 4.78 is 5.20. The summed E-state index contributed by atoms with van der Waals surface area (Å²) in [5.41, 5.74) is 0.501. The number of amides is 1. The Morgan fingerprint density at radius 1 is 1.08 bits per heavy atom. The van der Waals surface area contributed by atoms with Crippen LogP contribution in [0.3, 0.4) is 0 Å². The first-order valence-electron chi connectivity index (χ1n) is 8.06. The summed E-state index contributed by atoms with van der Waals surface area (Å²) in [6, 6.07) is 16.0. The summed E-state index contributed by atoms with van der Waals surface area (Å²) in [6.07, 6.45) is -1.00. The van der Waals surface area contributed by atoms with Crippen molar-refractivity contribution in [3.63, 3.8) is 0 Å². The zero-order valence-electron chi connectivity index (χ0n) is 14.1. The normalized spacial score (nSPS) is 11.7. The number of ether oxygens (including phenoxy) is 1. The standard InChI is InChI=1S/C19H17N3O4/c1-12(17(23)20-11-13-7-3-2-4-8-13)26-19(25)16-14-9-5-6-10-15(14)18(24)22-21-16/h2-10,12H,11H2,1H3,(H,20,23)(H,22,24). The van der Waals surface area contributed by atoms with E-state index in [1.54, 1.807) is 24.3 Å². The fourth-order valence-electron chi connectivity index (χ4n) is 2.47. The molecular formula is C19H17N3O4. The van der Waals surface area contributed by atoms with Gasteiger partial charge < -0.3 is 10.1 Å². The van der Waals surface area contributed by atoms with Gasteiger partial charge in [-0.2, -0.15) is 5.10 Å². The highest BCUT2D eigenvalue weighted by molar-refractivity contribution is 6.02. The number of nitrogens with zero attached hydrogens (tertiary/aromatic N) is 1. The molecule has 0 spiro atoms. The number of H-pyrrole nitrogens is 1. The summed E-state index contributed by atoms with van der Waals surface area (Å²) in [6.45, 7) is 1.81. The molecule has 1 amide bonds. The van der Waals surface area contributed by atoms with Crippen molar-refractivity contribution in [2.75, 3.05) is 0 Å². The van der Waals surface area contributed by atoms with Gasteiger partial charge in [-0.25, -0.2) is 9.89 Å². The number of nitrogens with one attached hydrogen (secondary N) is 2. The van der Waals surface area contributed by atoms with Gasteiger partial charge in [-0.1, -0.05) is 48.5 Å². The summed E-state index contributed by atoms with van der Waals surface area (Å²) in [5.74, 6) is -1.20. The second-order valence-corrected chi connectivity index (χ2v) is 5.70. The first-order chi connectivity index (χ1) is 12.6. The van der Waals surface area contributed by atoms with Crippen molar-refractivity contribution >= 4 is 22.6 Å². The van der Waals surface area contributed by atoms with Gasteiger partial charge in [0.05, 0.1) is 5.39 Å². The topological polar surface area (TPSA) is 101 Å². The van der Waals surface area contributed by atoms with E-state index in [-0.39, 0.29) is 5.69 Å². The Balaban J connectivity index is 1.69. The van der Waals surface area contributed by atoms with Crippen LogP contribution >= 0.6 is 0 Å². The lowest BCUT2D eigenvalue weighted by molar-refractivity contribution is -0.129. The third-order valence-electron chi connectivity index (χ3n) is 3.85. The lowest BCUT2D eigenvalue weighted by Crippen LogP contribution is -2.35. The smallest absolute Gasteiger partial charge is 0.360 e. The van der Waals surface area contributed by atoms with E-state index < -0.39 is 23.5 Å². The van der Waals surface area contributed by atoms with Crippen LogP contribution in [0.15, 0.2) is 59.4 Å². The van der Waals surface area contributed by atoms with Crippen LogP contribution < -0.4 is 10.9 Å². The first kappa shape index (κ1) is 17.3. The zero-order valence-corrected chi connectivity index (χ0v) is 14.1. The minimum Gasteiger partial charge on any atom is -0.448 e. The van der Waals surface area contributed by atoms with Crippen LogP contribution in [0.1, 0.15) is 23.0 Å². The Kier molecular flexibility index (Phi) is 5.07. The van der Waals surface area contributed by atoms with Crippen molar-refractivity contribution in [2.24, 2.45) is 0 Å². The number of aromatic amines is 1. The maximum atomic E-state index is 12.4. The zero-order chi connectivity index (χ0) is 18.5. The van der Waals surface area contributed by atoms with Gasteiger partial charge in [0.15, 0.2) is 11.8 Å². The summed E-state index contributed by atoms with van der Waals surface area (Å²) in [7, 11) is 0. The monoisotopic (exact) mass is 351 g/mol. The molecule has 1 heterocycles. The number of benzene rings is 2. The van der Waals surface area contributed by atoms with Crippen LogP contribution in [0.25, 0.3) is 10.8 Å². The molecule has 1 atom stereocenters. The highest BCUT2D eigenvalue weighted by Gasteiger charge is 2.22. The molecule has 0 saturated carbocycles. The Bertz CT molecular complexity index is 998. The fraction of sp³-hybridized carbons (Fsp3) is 0.158. The Morgan fingerprint density at radius 2 is 1.73 bits per heavy atom. The van der Waals surface area contributed by atoms with E-state index in [1.165, 1.54) is 6.92 Å². The highest BCUT2D eigenvalue weighted by atomic mass is 16.5. The Labute approximate surface area is 149 Å². The van der Waals surface area contributed by atoms with E-state index >= 15 is 0 Å². The molecular weight excluding hydrogens is 334 g/mol. The van der Waals surface area contributed by atoms with Crippen molar-refractivity contribution in [3.8, 4) is 0 Å².